The highest BCUT2D eigenvalue weighted by Gasteiger charge is 2.53. The maximum absolute atomic E-state index is 11.0. The molecule has 1 N–H and O–H groups in total. The van der Waals surface area contributed by atoms with Gasteiger partial charge >= 0.3 is 0 Å². The summed E-state index contributed by atoms with van der Waals surface area (Å²) in [4.78, 5) is 0. The Bertz CT molecular complexity index is 825. The lowest BCUT2D eigenvalue weighted by atomic mass is 10.0. The number of aliphatic hydroxyl groups excluding tert-OH is 1. The van der Waals surface area contributed by atoms with E-state index in [2.05, 4.69) is 69.3 Å². The van der Waals surface area contributed by atoms with Gasteiger partial charge in [-0.1, -0.05) is 81.4 Å². The first-order valence-corrected chi connectivity index (χ1v) is 13.0. The Balaban J connectivity index is 1.65. The Morgan fingerprint density at radius 1 is 0.968 bits per heavy atom. The van der Waals surface area contributed by atoms with Crippen molar-refractivity contribution in [3.63, 3.8) is 0 Å². The van der Waals surface area contributed by atoms with E-state index in [1.165, 1.54) is 10.4 Å². The van der Waals surface area contributed by atoms with Crippen molar-refractivity contribution in [1.82, 2.24) is 0 Å². The maximum Gasteiger partial charge on any atom is 0.261 e. The van der Waals surface area contributed by atoms with Crippen LogP contribution in [0.3, 0.4) is 0 Å². The summed E-state index contributed by atoms with van der Waals surface area (Å²) in [6.45, 7) is 11.1. The Kier molecular flexibility index (Phi) is 6.16. The normalized spacial score (nSPS) is 28.3. The molecule has 2 fully saturated rings. The number of ether oxygens (including phenoxy) is 3. The first-order valence-electron chi connectivity index (χ1n) is 11.0. The quantitative estimate of drug-likeness (QED) is 0.722. The fourth-order valence-electron chi connectivity index (χ4n) is 4.93. The van der Waals surface area contributed by atoms with Gasteiger partial charge in [0, 0.05) is 0 Å². The molecule has 2 aliphatic rings. The van der Waals surface area contributed by atoms with Gasteiger partial charge in [0.1, 0.15) is 24.4 Å². The van der Waals surface area contributed by atoms with Crippen molar-refractivity contribution < 1.29 is 23.7 Å². The van der Waals surface area contributed by atoms with E-state index in [0.29, 0.717) is 13.2 Å². The molecule has 2 saturated heterocycles. The molecule has 0 unspecified atom stereocenters. The van der Waals surface area contributed by atoms with E-state index in [1.54, 1.807) is 0 Å². The third kappa shape index (κ3) is 4.25. The minimum Gasteiger partial charge on any atom is -0.405 e. The van der Waals surface area contributed by atoms with Crippen molar-refractivity contribution in [2.75, 3.05) is 13.2 Å². The molecule has 0 aliphatic carbocycles. The van der Waals surface area contributed by atoms with Gasteiger partial charge in [-0.25, -0.2) is 0 Å². The minimum absolute atomic E-state index is 0.132. The highest BCUT2D eigenvalue weighted by Crippen LogP contribution is 2.38. The Labute approximate surface area is 186 Å². The predicted molar refractivity (Wildman–Crippen MR) is 123 cm³/mol. The molecule has 2 heterocycles. The molecule has 6 heteroatoms. The number of hydrogen-bond acceptors (Lipinski definition) is 5. The van der Waals surface area contributed by atoms with E-state index in [-0.39, 0.29) is 11.1 Å². The fraction of sp³-hybridized carbons (Fsp3) is 0.520. The molecule has 4 atom stereocenters. The molecule has 0 saturated carbocycles. The lowest BCUT2D eigenvalue weighted by Crippen LogP contribution is -2.67. The summed E-state index contributed by atoms with van der Waals surface area (Å²) in [5.41, 5.74) is 0. The predicted octanol–water partition coefficient (Wildman–Crippen LogP) is 2.84. The highest BCUT2D eigenvalue weighted by molar-refractivity contribution is 6.99. The second kappa shape index (κ2) is 8.43. The topological polar surface area (TPSA) is 57.2 Å². The van der Waals surface area contributed by atoms with Crippen molar-refractivity contribution in [1.29, 1.82) is 0 Å². The van der Waals surface area contributed by atoms with Crippen molar-refractivity contribution in [2.45, 2.75) is 69.9 Å². The number of hydrogen-bond donors (Lipinski definition) is 1. The van der Waals surface area contributed by atoms with Crippen LogP contribution in [0.5, 0.6) is 0 Å². The van der Waals surface area contributed by atoms with Crippen LogP contribution < -0.4 is 10.4 Å². The zero-order valence-corrected chi connectivity index (χ0v) is 20.1. The molecule has 0 amide bonds. The lowest BCUT2D eigenvalue weighted by Gasteiger charge is -2.44. The van der Waals surface area contributed by atoms with Gasteiger partial charge in [0.2, 0.25) is 0 Å². The molecule has 0 radical (unpaired) electrons. The molecule has 0 bridgehead atoms. The molecule has 2 aromatic carbocycles. The summed E-state index contributed by atoms with van der Waals surface area (Å²) in [5.74, 6) is -0.715. The second-order valence-electron chi connectivity index (χ2n) is 9.98. The molecular formula is C25H34O5Si. The third-order valence-electron chi connectivity index (χ3n) is 6.29. The number of benzene rings is 2. The van der Waals surface area contributed by atoms with E-state index < -0.39 is 32.4 Å². The van der Waals surface area contributed by atoms with Crippen LogP contribution >= 0.6 is 0 Å². The summed E-state index contributed by atoms with van der Waals surface area (Å²) in [6, 6.07) is 21.0. The second-order valence-corrected chi connectivity index (χ2v) is 14.3. The van der Waals surface area contributed by atoms with E-state index in [4.69, 9.17) is 18.6 Å². The Morgan fingerprint density at radius 2 is 1.52 bits per heavy atom. The zero-order valence-electron chi connectivity index (χ0n) is 19.1. The summed E-state index contributed by atoms with van der Waals surface area (Å²) in [7, 11) is -2.69. The molecule has 31 heavy (non-hydrogen) atoms. The van der Waals surface area contributed by atoms with Gasteiger partial charge < -0.3 is 23.7 Å². The van der Waals surface area contributed by atoms with Crippen LogP contribution in [-0.2, 0) is 18.6 Å². The van der Waals surface area contributed by atoms with Crippen LogP contribution in [0.1, 0.15) is 34.6 Å². The molecule has 0 spiro atoms. The molecule has 0 aromatic heterocycles. The van der Waals surface area contributed by atoms with Gasteiger partial charge in [0.25, 0.3) is 8.32 Å². The first-order chi connectivity index (χ1) is 14.6. The van der Waals surface area contributed by atoms with Crippen molar-refractivity contribution in [3.8, 4) is 0 Å². The monoisotopic (exact) mass is 442 g/mol. The van der Waals surface area contributed by atoms with E-state index in [0.717, 1.165) is 0 Å². The van der Waals surface area contributed by atoms with Crippen molar-refractivity contribution in [3.05, 3.63) is 60.7 Å². The van der Waals surface area contributed by atoms with Gasteiger partial charge in [0.15, 0.2) is 5.79 Å². The average molecular weight is 443 g/mol. The van der Waals surface area contributed by atoms with Gasteiger partial charge in [0.05, 0.1) is 13.2 Å². The standard InChI is InChI=1S/C25H34O5Si/c1-24(2,3)31(18-12-8-6-9-13-18,19-14-10-7-11-15-19)28-17-20-22(26)23-21(16-27-20)29-25(4,5)30-23/h6-15,20-23,26H,16-17H2,1-5H3/t20-,21-,22-,23-/m1/s1. The van der Waals surface area contributed by atoms with Crippen LogP contribution in [-0.4, -0.2) is 56.8 Å². The van der Waals surface area contributed by atoms with Crippen molar-refractivity contribution >= 4 is 18.7 Å². The summed E-state index contributed by atoms with van der Waals surface area (Å²) < 4.78 is 24.8. The Hall–Kier alpha value is -1.54. The van der Waals surface area contributed by atoms with Gasteiger partial charge in [-0.15, -0.1) is 0 Å². The summed E-state index contributed by atoms with van der Waals surface area (Å²) >= 11 is 0. The van der Waals surface area contributed by atoms with Crippen LogP contribution in [0.15, 0.2) is 60.7 Å². The molecule has 2 aromatic rings. The SMILES string of the molecule is CC1(C)O[C@H]2[C@H](O)[C@@H](CO[Si](c3ccccc3)(c3ccccc3)C(C)(C)C)OC[C@H]2O1. The molecule has 5 nitrogen and oxygen atoms in total. The minimum atomic E-state index is -2.69. The van der Waals surface area contributed by atoms with Crippen LogP contribution in [0.2, 0.25) is 5.04 Å². The number of aliphatic hydroxyl groups is 1. The fourth-order valence-corrected chi connectivity index (χ4v) is 9.50. The highest BCUT2D eigenvalue weighted by atomic mass is 28.4. The zero-order chi connectivity index (χ0) is 22.3. The van der Waals surface area contributed by atoms with E-state index in [9.17, 15) is 5.11 Å². The van der Waals surface area contributed by atoms with E-state index in [1.807, 2.05) is 26.0 Å². The smallest absolute Gasteiger partial charge is 0.261 e. The van der Waals surface area contributed by atoms with Crippen LogP contribution in [0.25, 0.3) is 0 Å². The maximum atomic E-state index is 11.0. The van der Waals surface area contributed by atoms with Crippen LogP contribution in [0, 0.1) is 0 Å². The molecule has 2 aliphatic heterocycles. The molecule has 4 rings (SSSR count). The third-order valence-corrected chi connectivity index (χ3v) is 11.3. The van der Waals surface area contributed by atoms with Gasteiger partial charge in [-0.3, -0.25) is 0 Å². The van der Waals surface area contributed by atoms with E-state index >= 15 is 0 Å². The Morgan fingerprint density at radius 3 is 2.03 bits per heavy atom. The largest absolute Gasteiger partial charge is 0.405 e. The number of fused-ring (bicyclic) bond motifs is 1. The lowest BCUT2D eigenvalue weighted by molar-refractivity contribution is -0.165. The van der Waals surface area contributed by atoms with Gasteiger partial charge in [-0.2, -0.15) is 0 Å². The van der Waals surface area contributed by atoms with Crippen LogP contribution in [0.4, 0.5) is 0 Å². The first kappa shape index (κ1) is 22.6. The average Bonchev–Trinajstić information content (AvgIpc) is 3.05. The van der Waals surface area contributed by atoms with Gasteiger partial charge in [-0.05, 0) is 29.3 Å². The molecular weight excluding hydrogens is 408 g/mol. The molecule has 168 valence electrons. The summed E-state index contributed by atoms with van der Waals surface area (Å²) in [6.07, 6.45) is -1.94. The number of rotatable bonds is 5. The van der Waals surface area contributed by atoms with Crippen molar-refractivity contribution in [2.24, 2.45) is 0 Å². The summed E-state index contributed by atoms with van der Waals surface area (Å²) in [5, 5.41) is 13.3.